The molecule has 0 spiro atoms. The number of hydrogen-bond donors (Lipinski definition) is 1. The van der Waals surface area contributed by atoms with Gasteiger partial charge in [-0.05, 0) is 37.0 Å². The fourth-order valence-corrected chi connectivity index (χ4v) is 3.03. The average molecular weight is 322 g/mol. The summed E-state index contributed by atoms with van der Waals surface area (Å²) in [4.78, 5) is 14.1. The first kappa shape index (κ1) is 15.1. The molecule has 1 fully saturated rings. The minimum absolute atomic E-state index is 0.159. The van der Waals surface area contributed by atoms with Crippen molar-refractivity contribution in [2.24, 2.45) is 0 Å². The SMILES string of the molecule is O=C(CN1CC=C(c2cnn(-c3ccccc3)c2)CC1)NC1CC1. The van der Waals surface area contributed by atoms with E-state index >= 15 is 0 Å². The number of carbonyl (C=O) groups excluding carboxylic acids is 1. The zero-order chi connectivity index (χ0) is 16.4. The first-order valence-corrected chi connectivity index (χ1v) is 8.59. The standard InChI is InChI=1S/C19H22N4O/c24-19(21-17-6-7-17)14-22-10-8-15(9-11-22)16-12-20-23(13-16)18-4-2-1-3-5-18/h1-5,8,12-13,17H,6-7,9-11,14H2,(H,21,24). The molecule has 124 valence electrons. The van der Waals surface area contributed by atoms with Crippen molar-refractivity contribution in [1.29, 1.82) is 0 Å². The third-order valence-corrected chi connectivity index (χ3v) is 4.58. The Balaban J connectivity index is 1.37. The van der Waals surface area contributed by atoms with Crippen LogP contribution in [0.5, 0.6) is 0 Å². The van der Waals surface area contributed by atoms with Crippen molar-refractivity contribution < 1.29 is 4.79 Å². The molecule has 5 nitrogen and oxygen atoms in total. The van der Waals surface area contributed by atoms with Crippen LogP contribution in [0.2, 0.25) is 0 Å². The summed E-state index contributed by atoms with van der Waals surface area (Å²) < 4.78 is 1.91. The van der Waals surface area contributed by atoms with Gasteiger partial charge in [-0.1, -0.05) is 24.3 Å². The van der Waals surface area contributed by atoms with Crippen LogP contribution in [0.25, 0.3) is 11.3 Å². The number of amides is 1. The maximum absolute atomic E-state index is 11.9. The zero-order valence-electron chi connectivity index (χ0n) is 13.7. The Hall–Kier alpha value is -2.40. The van der Waals surface area contributed by atoms with Crippen molar-refractivity contribution in [3.8, 4) is 5.69 Å². The number of hydrogen-bond acceptors (Lipinski definition) is 3. The lowest BCUT2D eigenvalue weighted by atomic mass is 10.0. The van der Waals surface area contributed by atoms with Gasteiger partial charge in [0.2, 0.25) is 5.91 Å². The normalized spacial score (nSPS) is 18.2. The van der Waals surface area contributed by atoms with Gasteiger partial charge in [-0.2, -0.15) is 5.10 Å². The molecule has 1 N–H and O–H groups in total. The van der Waals surface area contributed by atoms with Crippen molar-refractivity contribution in [3.05, 3.63) is 54.4 Å². The fourth-order valence-electron chi connectivity index (χ4n) is 3.03. The highest BCUT2D eigenvalue weighted by Crippen LogP contribution is 2.23. The van der Waals surface area contributed by atoms with Crippen LogP contribution >= 0.6 is 0 Å². The van der Waals surface area contributed by atoms with E-state index in [9.17, 15) is 4.79 Å². The van der Waals surface area contributed by atoms with Crippen LogP contribution in [-0.4, -0.2) is 46.3 Å². The van der Waals surface area contributed by atoms with Gasteiger partial charge in [-0.25, -0.2) is 4.68 Å². The predicted octanol–water partition coefficient (Wildman–Crippen LogP) is 2.24. The van der Waals surface area contributed by atoms with Crippen LogP contribution in [-0.2, 0) is 4.79 Å². The molecule has 2 heterocycles. The lowest BCUT2D eigenvalue weighted by molar-refractivity contribution is -0.122. The Morgan fingerprint density at radius 3 is 2.79 bits per heavy atom. The number of aromatic nitrogens is 2. The number of nitrogens with one attached hydrogen (secondary N) is 1. The van der Waals surface area contributed by atoms with Gasteiger partial charge < -0.3 is 5.32 Å². The molecule has 4 rings (SSSR count). The second-order valence-corrected chi connectivity index (χ2v) is 6.57. The fraction of sp³-hybridized carbons (Fsp3) is 0.368. The predicted molar refractivity (Wildman–Crippen MR) is 93.8 cm³/mol. The highest BCUT2D eigenvalue weighted by atomic mass is 16.2. The van der Waals surface area contributed by atoms with E-state index < -0.39 is 0 Å². The molecule has 0 bridgehead atoms. The Kier molecular flexibility index (Phi) is 4.17. The molecule has 1 amide bonds. The first-order chi connectivity index (χ1) is 11.8. The minimum Gasteiger partial charge on any atom is -0.352 e. The third kappa shape index (κ3) is 3.57. The summed E-state index contributed by atoms with van der Waals surface area (Å²) >= 11 is 0. The summed E-state index contributed by atoms with van der Waals surface area (Å²) in [6, 6.07) is 10.6. The van der Waals surface area contributed by atoms with Gasteiger partial charge in [0, 0.05) is 30.9 Å². The van der Waals surface area contributed by atoms with Gasteiger partial charge in [0.15, 0.2) is 0 Å². The largest absolute Gasteiger partial charge is 0.352 e. The first-order valence-electron chi connectivity index (χ1n) is 8.59. The molecule has 2 aromatic rings. The van der Waals surface area contributed by atoms with Crippen LogP contribution in [0.4, 0.5) is 0 Å². The number of rotatable bonds is 5. The summed E-state index contributed by atoms with van der Waals surface area (Å²) in [6.07, 6.45) is 9.46. The topological polar surface area (TPSA) is 50.2 Å². The summed E-state index contributed by atoms with van der Waals surface area (Å²) in [5.41, 5.74) is 3.55. The van der Waals surface area contributed by atoms with Crippen LogP contribution in [0.15, 0.2) is 48.8 Å². The molecule has 1 aliphatic heterocycles. The molecule has 0 radical (unpaired) electrons. The summed E-state index contributed by atoms with van der Waals surface area (Å²) in [6.45, 7) is 2.24. The lowest BCUT2D eigenvalue weighted by Gasteiger charge is -2.25. The van der Waals surface area contributed by atoms with Gasteiger partial charge in [0.1, 0.15) is 0 Å². The van der Waals surface area contributed by atoms with Crippen molar-refractivity contribution in [2.75, 3.05) is 19.6 Å². The van der Waals surface area contributed by atoms with E-state index in [0.717, 1.165) is 38.0 Å². The van der Waals surface area contributed by atoms with Crippen LogP contribution in [0.1, 0.15) is 24.8 Å². The maximum atomic E-state index is 11.9. The highest BCUT2D eigenvalue weighted by molar-refractivity contribution is 5.79. The van der Waals surface area contributed by atoms with E-state index in [4.69, 9.17) is 0 Å². The molecular weight excluding hydrogens is 300 g/mol. The van der Waals surface area contributed by atoms with E-state index in [1.807, 2.05) is 41.2 Å². The van der Waals surface area contributed by atoms with Crippen molar-refractivity contribution in [1.82, 2.24) is 20.0 Å². The molecule has 0 unspecified atom stereocenters. The van der Waals surface area contributed by atoms with Gasteiger partial charge >= 0.3 is 0 Å². The number of benzene rings is 1. The van der Waals surface area contributed by atoms with E-state index in [1.165, 1.54) is 11.1 Å². The summed E-state index contributed by atoms with van der Waals surface area (Å²) in [7, 11) is 0. The molecule has 0 saturated heterocycles. The molecule has 0 atom stereocenters. The quantitative estimate of drug-likeness (QED) is 0.918. The van der Waals surface area contributed by atoms with Crippen LogP contribution in [0, 0.1) is 0 Å². The molecule has 1 saturated carbocycles. The van der Waals surface area contributed by atoms with E-state index in [0.29, 0.717) is 12.6 Å². The smallest absolute Gasteiger partial charge is 0.234 e. The molecule has 5 heteroatoms. The second-order valence-electron chi connectivity index (χ2n) is 6.57. The third-order valence-electron chi connectivity index (χ3n) is 4.58. The molecule has 2 aliphatic rings. The van der Waals surface area contributed by atoms with E-state index in [1.54, 1.807) is 0 Å². The Morgan fingerprint density at radius 2 is 2.08 bits per heavy atom. The lowest BCUT2D eigenvalue weighted by Crippen LogP contribution is -2.39. The maximum Gasteiger partial charge on any atom is 0.234 e. The molecule has 24 heavy (non-hydrogen) atoms. The van der Waals surface area contributed by atoms with Crippen molar-refractivity contribution >= 4 is 11.5 Å². The molecule has 1 aromatic carbocycles. The van der Waals surface area contributed by atoms with Crippen LogP contribution in [0.3, 0.4) is 0 Å². The number of para-hydroxylation sites is 1. The van der Waals surface area contributed by atoms with Gasteiger partial charge in [-0.3, -0.25) is 9.69 Å². The van der Waals surface area contributed by atoms with E-state index in [2.05, 4.69) is 27.6 Å². The summed E-state index contributed by atoms with van der Waals surface area (Å²) in [5, 5.41) is 7.52. The second kappa shape index (κ2) is 6.61. The Morgan fingerprint density at radius 1 is 1.25 bits per heavy atom. The summed E-state index contributed by atoms with van der Waals surface area (Å²) in [5.74, 6) is 0.159. The molecule has 1 aromatic heterocycles. The van der Waals surface area contributed by atoms with Crippen molar-refractivity contribution in [3.63, 3.8) is 0 Å². The van der Waals surface area contributed by atoms with Gasteiger partial charge in [0.25, 0.3) is 0 Å². The monoisotopic (exact) mass is 322 g/mol. The Bertz CT molecular complexity index is 746. The Labute approximate surface area is 142 Å². The zero-order valence-corrected chi connectivity index (χ0v) is 13.7. The van der Waals surface area contributed by atoms with Gasteiger partial charge in [0.05, 0.1) is 18.4 Å². The van der Waals surface area contributed by atoms with Crippen LogP contribution < -0.4 is 5.32 Å². The van der Waals surface area contributed by atoms with Gasteiger partial charge in [-0.15, -0.1) is 0 Å². The number of carbonyl (C=O) groups is 1. The number of nitrogens with zero attached hydrogens (tertiary/aromatic N) is 3. The highest BCUT2D eigenvalue weighted by Gasteiger charge is 2.24. The molecule has 1 aliphatic carbocycles. The van der Waals surface area contributed by atoms with Crippen molar-refractivity contribution in [2.45, 2.75) is 25.3 Å². The molecular formula is C19H22N4O. The van der Waals surface area contributed by atoms with E-state index in [-0.39, 0.29) is 5.91 Å². The minimum atomic E-state index is 0.159. The average Bonchev–Trinajstić information content (AvgIpc) is 3.28.